The third-order valence-corrected chi connectivity index (χ3v) is 2.95. The highest BCUT2D eigenvalue weighted by molar-refractivity contribution is 5.96. The molecule has 0 spiro atoms. The van der Waals surface area contributed by atoms with Crippen molar-refractivity contribution in [2.45, 2.75) is 26.7 Å². The summed E-state index contributed by atoms with van der Waals surface area (Å²) in [4.78, 5) is 11.3. The number of hydrogen-bond donors (Lipinski definition) is 1. The highest BCUT2D eigenvalue weighted by atomic mass is 16.5. The Labute approximate surface area is 105 Å². The van der Waals surface area contributed by atoms with E-state index in [0.717, 1.165) is 17.5 Å². The van der Waals surface area contributed by atoms with E-state index in [1.165, 1.54) is 0 Å². The van der Waals surface area contributed by atoms with Gasteiger partial charge >= 0.3 is 5.97 Å². The van der Waals surface area contributed by atoms with E-state index in [0.29, 0.717) is 17.9 Å². The zero-order valence-electron chi connectivity index (χ0n) is 10.4. The third-order valence-electron chi connectivity index (χ3n) is 2.95. The molecule has 2 rings (SSSR count). The van der Waals surface area contributed by atoms with Gasteiger partial charge in [-0.2, -0.15) is 0 Å². The summed E-state index contributed by atoms with van der Waals surface area (Å²) in [5, 5.41) is 13.2. The number of benzene rings is 1. The Morgan fingerprint density at radius 1 is 1.28 bits per heavy atom. The number of hydrogen-bond acceptors (Lipinski definition) is 3. The molecule has 2 aromatic rings. The lowest BCUT2D eigenvalue weighted by Crippen LogP contribution is -2.01. The zero-order valence-corrected chi connectivity index (χ0v) is 10.4. The molecule has 0 bridgehead atoms. The van der Waals surface area contributed by atoms with E-state index < -0.39 is 5.97 Å². The van der Waals surface area contributed by atoms with Crippen molar-refractivity contribution in [3.05, 3.63) is 41.2 Å². The van der Waals surface area contributed by atoms with Crippen LogP contribution >= 0.6 is 0 Å². The average Bonchev–Trinajstić information content (AvgIpc) is 2.82. The van der Waals surface area contributed by atoms with Crippen molar-refractivity contribution in [3.63, 3.8) is 0 Å². The van der Waals surface area contributed by atoms with Gasteiger partial charge in [0, 0.05) is 12.0 Å². The molecule has 1 aromatic heterocycles. The SMILES string of the molecule is CCc1ccccc1-c1noc(CC)c1C(=O)O. The van der Waals surface area contributed by atoms with Crippen molar-refractivity contribution in [2.24, 2.45) is 0 Å². The van der Waals surface area contributed by atoms with Crippen LogP contribution in [0.2, 0.25) is 0 Å². The minimum absolute atomic E-state index is 0.179. The predicted octanol–water partition coefficient (Wildman–Crippen LogP) is 3.16. The Morgan fingerprint density at radius 2 is 2.00 bits per heavy atom. The molecule has 0 saturated heterocycles. The fourth-order valence-corrected chi connectivity index (χ4v) is 2.03. The lowest BCUT2D eigenvalue weighted by atomic mass is 9.99. The van der Waals surface area contributed by atoms with Gasteiger partial charge in [-0.3, -0.25) is 0 Å². The van der Waals surface area contributed by atoms with Crippen molar-refractivity contribution >= 4 is 5.97 Å². The van der Waals surface area contributed by atoms with E-state index in [2.05, 4.69) is 5.16 Å². The maximum atomic E-state index is 11.3. The molecular weight excluding hydrogens is 230 g/mol. The molecule has 0 saturated carbocycles. The minimum atomic E-state index is -0.992. The first-order chi connectivity index (χ1) is 8.69. The molecule has 0 aliphatic carbocycles. The fraction of sp³-hybridized carbons (Fsp3) is 0.286. The van der Waals surface area contributed by atoms with Crippen molar-refractivity contribution in [1.82, 2.24) is 5.16 Å². The molecule has 18 heavy (non-hydrogen) atoms. The summed E-state index contributed by atoms with van der Waals surface area (Å²) >= 11 is 0. The normalized spacial score (nSPS) is 10.6. The number of aromatic nitrogens is 1. The van der Waals surface area contributed by atoms with Gasteiger partial charge in [0.2, 0.25) is 0 Å². The molecule has 0 radical (unpaired) electrons. The molecule has 94 valence electrons. The zero-order chi connectivity index (χ0) is 13.1. The van der Waals surface area contributed by atoms with Gasteiger partial charge in [0.15, 0.2) is 5.76 Å². The monoisotopic (exact) mass is 245 g/mol. The van der Waals surface area contributed by atoms with E-state index in [1.807, 2.05) is 38.1 Å². The average molecular weight is 245 g/mol. The van der Waals surface area contributed by atoms with Crippen LogP contribution in [0.5, 0.6) is 0 Å². The Balaban J connectivity index is 2.64. The van der Waals surface area contributed by atoms with Gasteiger partial charge in [-0.05, 0) is 12.0 Å². The van der Waals surface area contributed by atoms with Gasteiger partial charge in [0.05, 0.1) is 0 Å². The van der Waals surface area contributed by atoms with Crippen LogP contribution in [0, 0.1) is 0 Å². The molecule has 1 N–H and O–H groups in total. The van der Waals surface area contributed by atoms with Gasteiger partial charge in [0.25, 0.3) is 0 Å². The third kappa shape index (κ3) is 2.01. The summed E-state index contributed by atoms with van der Waals surface area (Å²) in [6.45, 7) is 3.88. The second-order valence-corrected chi connectivity index (χ2v) is 4.00. The maximum Gasteiger partial charge on any atom is 0.341 e. The van der Waals surface area contributed by atoms with E-state index in [4.69, 9.17) is 4.52 Å². The summed E-state index contributed by atoms with van der Waals surface area (Å²) in [5.41, 5.74) is 2.51. The van der Waals surface area contributed by atoms with Crippen LogP contribution in [-0.4, -0.2) is 16.2 Å². The van der Waals surface area contributed by atoms with Crippen molar-refractivity contribution < 1.29 is 14.4 Å². The minimum Gasteiger partial charge on any atom is -0.477 e. The van der Waals surface area contributed by atoms with Crippen LogP contribution in [0.25, 0.3) is 11.3 Å². The summed E-state index contributed by atoms with van der Waals surface area (Å²) in [6, 6.07) is 7.66. The number of carboxylic acid groups (broad SMARTS) is 1. The highest BCUT2D eigenvalue weighted by Gasteiger charge is 2.23. The molecule has 1 aromatic carbocycles. The summed E-state index contributed by atoms with van der Waals surface area (Å²) < 4.78 is 5.13. The van der Waals surface area contributed by atoms with E-state index in [-0.39, 0.29) is 5.56 Å². The number of rotatable bonds is 4. The summed E-state index contributed by atoms with van der Waals surface area (Å²) in [6.07, 6.45) is 1.34. The molecule has 0 aliphatic rings. The van der Waals surface area contributed by atoms with E-state index in [9.17, 15) is 9.90 Å². The Morgan fingerprint density at radius 3 is 2.61 bits per heavy atom. The van der Waals surface area contributed by atoms with Gasteiger partial charge in [0.1, 0.15) is 11.3 Å². The molecule has 0 fully saturated rings. The van der Waals surface area contributed by atoms with Crippen LogP contribution in [0.3, 0.4) is 0 Å². The Hall–Kier alpha value is -2.10. The first-order valence-corrected chi connectivity index (χ1v) is 5.99. The predicted molar refractivity (Wildman–Crippen MR) is 67.7 cm³/mol. The summed E-state index contributed by atoms with van der Waals surface area (Å²) in [5.74, 6) is -0.572. The molecule has 0 unspecified atom stereocenters. The van der Waals surface area contributed by atoms with Gasteiger partial charge in [-0.25, -0.2) is 4.79 Å². The van der Waals surface area contributed by atoms with Crippen LogP contribution in [0.1, 0.15) is 35.5 Å². The quantitative estimate of drug-likeness (QED) is 0.898. The Bertz CT molecular complexity index is 572. The molecule has 4 heteroatoms. The highest BCUT2D eigenvalue weighted by Crippen LogP contribution is 2.29. The second kappa shape index (κ2) is 5.04. The van der Waals surface area contributed by atoms with Crippen molar-refractivity contribution in [3.8, 4) is 11.3 Å². The van der Waals surface area contributed by atoms with Crippen LogP contribution < -0.4 is 0 Å². The number of aromatic carboxylic acids is 1. The van der Waals surface area contributed by atoms with Crippen LogP contribution in [-0.2, 0) is 12.8 Å². The molecule has 0 aliphatic heterocycles. The first kappa shape index (κ1) is 12.4. The summed E-state index contributed by atoms with van der Waals surface area (Å²) in [7, 11) is 0. The number of carboxylic acids is 1. The molecule has 4 nitrogen and oxygen atoms in total. The number of nitrogens with zero attached hydrogens (tertiary/aromatic N) is 1. The van der Waals surface area contributed by atoms with Gasteiger partial charge < -0.3 is 9.63 Å². The lowest BCUT2D eigenvalue weighted by Gasteiger charge is -2.05. The van der Waals surface area contributed by atoms with Gasteiger partial charge in [-0.1, -0.05) is 43.3 Å². The van der Waals surface area contributed by atoms with E-state index >= 15 is 0 Å². The van der Waals surface area contributed by atoms with Crippen molar-refractivity contribution in [1.29, 1.82) is 0 Å². The van der Waals surface area contributed by atoms with Crippen molar-refractivity contribution in [2.75, 3.05) is 0 Å². The van der Waals surface area contributed by atoms with Crippen LogP contribution in [0.15, 0.2) is 28.8 Å². The number of aryl methyl sites for hydroxylation is 2. The molecule has 0 amide bonds. The molecular formula is C14H15NO3. The first-order valence-electron chi connectivity index (χ1n) is 5.99. The lowest BCUT2D eigenvalue weighted by molar-refractivity contribution is 0.0695. The molecule has 0 atom stereocenters. The smallest absolute Gasteiger partial charge is 0.341 e. The fourth-order valence-electron chi connectivity index (χ4n) is 2.03. The number of carbonyl (C=O) groups is 1. The maximum absolute atomic E-state index is 11.3. The van der Waals surface area contributed by atoms with E-state index in [1.54, 1.807) is 0 Å². The van der Waals surface area contributed by atoms with Gasteiger partial charge in [-0.15, -0.1) is 0 Å². The largest absolute Gasteiger partial charge is 0.477 e. The topological polar surface area (TPSA) is 63.3 Å². The second-order valence-electron chi connectivity index (χ2n) is 4.00. The standard InChI is InChI=1S/C14H15NO3/c1-3-9-7-5-6-8-10(9)13-12(14(16)17)11(4-2)18-15-13/h5-8H,3-4H2,1-2H3,(H,16,17). The van der Waals surface area contributed by atoms with Crippen LogP contribution in [0.4, 0.5) is 0 Å². The Kier molecular flexibility index (Phi) is 3.46. The molecule has 1 heterocycles.